The molecule has 0 saturated heterocycles. The molecule has 0 spiro atoms. The third-order valence-electron chi connectivity index (χ3n) is 2.68. The molecule has 1 aromatic rings. The van der Waals surface area contributed by atoms with Gasteiger partial charge in [-0.25, -0.2) is 0 Å². The first kappa shape index (κ1) is 11.0. The molecule has 0 radical (unpaired) electrons. The highest BCUT2D eigenvalue weighted by molar-refractivity contribution is 5.92. The topological polar surface area (TPSA) is 38.3 Å². The minimum atomic E-state index is 0.103. The lowest BCUT2D eigenvalue weighted by molar-refractivity contribution is -0.116. The Balaban J connectivity index is 2.19. The second-order valence-corrected chi connectivity index (χ2v) is 4.07. The number of carbonyl (C=O) groups is 1. The summed E-state index contributed by atoms with van der Waals surface area (Å²) in [5, 5.41) is 2.92. The SMILES string of the molecule is CCCOc1ccc2c(c1)NC(=O)CCC2. The fourth-order valence-corrected chi connectivity index (χ4v) is 1.85. The van der Waals surface area contributed by atoms with Crippen molar-refractivity contribution in [2.24, 2.45) is 0 Å². The van der Waals surface area contributed by atoms with E-state index in [1.54, 1.807) is 0 Å². The lowest BCUT2D eigenvalue weighted by Crippen LogP contribution is -2.09. The zero-order valence-corrected chi connectivity index (χ0v) is 9.58. The lowest BCUT2D eigenvalue weighted by atomic mass is 10.1. The molecule has 0 fully saturated rings. The Kier molecular flexibility index (Phi) is 3.44. The van der Waals surface area contributed by atoms with Crippen molar-refractivity contribution in [1.82, 2.24) is 0 Å². The maximum atomic E-state index is 11.4. The van der Waals surface area contributed by atoms with Crippen LogP contribution in [0, 0.1) is 0 Å². The van der Waals surface area contributed by atoms with Crippen molar-refractivity contribution < 1.29 is 9.53 Å². The van der Waals surface area contributed by atoms with Crippen LogP contribution in [0.25, 0.3) is 0 Å². The molecule has 1 N–H and O–H groups in total. The standard InChI is InChI=1S/C13H17NO2/c1-2-8-16-11-7-6-10-4-3-5-13(15)14-12(10)9-11/h6-7,9H,2-5,8H2,1H3,(H,14,15). The summed E-state index contributed by atoms with van der Waals surface area (Å²) >= 11 is 0. The zero-order valence-electron chi connectivity index (χ0n) is 9.58. The summed E-state index contributed by atoms with van der Waals surface area (Å²) in [6, 6.07) is 5.95. The second-order valence-electron chi connectivity index (χ2n) is 4.07. The lowest BCUT2D eigenvalue weighted by Gasteiger charge is -2.10. The minimum absolute atomic E-state index is 0.103. The van der Waals surface area contributed by atoms with Crippen LogP contribution in [0.1, 0.15) is 31.7 Å². The number of hydrogen-bond donors (Lipinski definition) is 1. The second kappa shape index (κ2) is 5.01. The van der Waals surface area contributed by atoms with E-state index in [-0.39, 0.29) is 5.91 Å². The molecule has 0 saturated carbocycles. The van der Waals surface area contributed by atoms with Crippen LogP contribution in [-0.2, 0) is 11.2 Å². The molecule has 1 aliphatic rings. The van der Waals surface area contributed by atoms with E-state index in [4.69, 9.17) is 4.74 Å². The van der Waals surface area contributed by atoms with Crippen LogP contribution in [0.15, 0.2) is 18.2 Å². The minimum Gasteiger partial charge on any atom is -0.494 e. The van der Waals surface area contributed by atoms with Gasteiger partial charge < -0.3 is 10.1 Å². The maximum absolute atomic E-state index is 11.4. The van der Waals surface area contributed by atoms with Crippen molar-refractivity contribution in [1.29, 1.82) is 0 Å². The number of benzene rings is 1. The van der Waals surface area contributed by atoms with E-state index >= 15 is 0 Å². The number of aryl methyl sites for hydroxylation is 1. The van der Waals surface area contributed by atoms with Gasteiger partial charge in [0.25, 0.3) is 0 Å². The van der Waals surface area contributed by atoms with Crippen LogP contribution in [0.3, 0.4) is 0 Å². The molecule has 16 heavy (non-hydrogen) atoms. The predicted octanol–water partition coefficient (Wildman–Crippen LogP) is 2.75. The number of rotatable bonds is 3. The largest absolute Gasteiger partial charge is 0.494 e. The number of carbonyl (C=O) groups excluding carboxylic acids is 1. The third kappa shape index (κ3) is 2.54. The molecule has 0 bridgehead atoms. The van der Waals surface area contributed by atoms with Crippen LogP contribution in [0.4, 0.5) is 5.69 Å². The number of nitrogens with one attached hydrogen (secondary N) is 1. The Labute approximate surface area is 95.8 Å². The number of fused-ring (bicyclic) bond motifs is 1. The fraction of sp³-hybridized carbons (Fsp3) is 0.462. The Hall–Kier alpha value is -1.51. The number of anilines is 1. The molecule has 0 atom stereocenters. The molecule has 86 valence electrons. The van der Waals surface area contributed by atoms with E-state index in [0.717, 1.165) is 30.7 Å². The van der Waals surface area contributed by atoms with Gasteiger partial charge in [-0.15, -0.1) is 0 Å². The van der Waals surface area contributed by atoms with E-state index in [1.807, 2.05) is 18.2 Å². The van der Waals surface area contributed by atoms with Gasteiger partial charge in [0.15, 0.2) is 0 Å². The van der Waals surface area contributed by atoms with E-state index in [0.29, 0.717) is 13.0 Å². The molecule has 1 amide bonds. The Morgan fingerprint density at radius 3 is 3.06 bits per heavy atom. The fourth-order valence-electron chi connectivity index (χ4n) is 1.85. The van der Waals surface area contributed by atoms with Crippen LogP contribution in [-0.4, -0.2) is 12.5 Å². The first-order valence-corrected chi connectivity index (χ1v) is 5.85. The summed E-state index contributed by atoms with van der Waals surface area (Å²) in [6.45, 7) is 2.79. The Morgan fingerprint density at radius 1 is 1.38 bits per heavy atom. The van der Waals surface area contributed by atoms with Crippen molar-refractivity contribution in [2.75, 3.05) is 11.9 Å². The average Bonchev–Trinajstić information content (AvgIpc) is 2.46. The van der Waals surface area contributed by atoms with Gasteiger partial charge in [0.1, 0.15) is 5.75 Å². The van der Waals surface area contributed by atoms with Gasteiger partial charge in [-0.3, -0.25) is 4.79 Å². The molecule has 2 rings (SSSR count). The van der Waals surface area contributed by atoms with Crippen molar-refractivity contribution in [3.8, 4) is 5.75 Å². The molecule has 0 aliphatic carbocycles. The third-order valence-corrected chi connectivity index (χ3v) is 2.68. The van der Waals surface area contributed by atoms with Crippen LogP contribution in [0.5, 0.6) is 5.75 Å². The summed E-state index contributed by atoms with van der Waals surface area (Å²) in [6.07, 6.45) is 3.49. The van der Waals surface area contributed by atoms with E-state index < -0.39 is 0 Å². The van der Waals surface area contributed by atoms with Gasteiger partial charge in [0, 0.05) is 18.2 Å². The molecule has 1 aliphatic heterocycles. The molecule has 3 nitrogen and oxygen atoms in total. The summed E-state index contributed by atoms with van der Waals surface area (Å²) in [5.41, 5.74) is 2.12. The summed E-state index contributed by atoms with van der Waals surface area (Å²) in [4.78, 5) is 11.4. The first-order chi connectivity index (χ1) is 7.79. The molecule has 1 aromatic carbocycles. The van der Waals surface area contributed by atoms with Crippen molar-refractivity contribution in [3.63, 3.8) is 0 Å². The Morgan fingerprint density at radius 2 is 2.25 bits per heavy atom. The molecular weight excluding hydrogens is 202 g/mol. The van der Waals surface area contributed by atoms with E-state index in [9.17, 15) is 4.79 Å². The van der Waals surface area contributed by atoms with E-state index in [2.05, 4.69) is 12.2 Å². The molecule has 0 aromatic heterocycles. The first-order valence-electron chi connectivity index (χ1n) is 5.85. The highest BCUT2D eigenvalue weighted by Crippen LogP contribution is 2.26. The maximum Gasteiger partial charge on any atom is 0.224 e. The highest BCUT2D eigenvalue weighted by Gasteiger charge is 2.13. The molecule has 3 heteroatoms. The van der Waals surface area contributed by atoms with Crippen molar-refractivity contribution in [2.45, 2.75) is 32.6 Å². The summed E-state index contributed by atoms with van der Waals surface area (Å²) in [7, 11) is 0. The van der Waals surface area contributed by atoms with Crippen LogP contribution < -0.4 is 10.1 Å². The number of amides is 1. The normalized spacial score (nSPS) is 14.9. The van der Waals surface area contributed by atoms with Gasteiger partial charge in [0.2, 0.25) is 5.91 Å². The number of ether oxygens (including phenoxy) is 1. The van der Waals surface area contributed by atoms with Crippen LogP contribution in [0.2, 0.25) is 0 Å². The number of hydrogen-bond acceptors (Lipinski definition) is 2. The van der Waals surface area contributed by atoms with Gasteiger partial charge >= 0.3 is 0 Å². The molecule has 0 unspecified atom stereocenters. The van der Waals surface area contributed by atoms with Crippen molar-refractivity contribution in [3.05, 3.63) is 23.8 Å². The highest BCUT2D eigenvalue weighted by atomic mass is 16.5. The summed E-state index contributed by atoms with van der Waals surface area (Å²) < 4.78 is 5.55. The monoisotopic (exact) mass is 219 g/mol. The van der Waals surface area contributed by atoms with Gasteiger partial charge in [-0.1, -0.05) is 13.0 Å². The Bertz CT molecular complexity index is 388. The average molecular weight is 219 g/mol. The van der Waals surface area contributed by atoms with Crippen molar-refractivity contribution >= 4 is 11.6 Å². The summed E-state index contributed by atoms with van der Waals surface area (Å²) in [5.74, 6) is 0.939. The van der Waals surface area contributed by atoms with Gasteiger partial charge in [-0.2, -0.15) is 0 Å². The van der Waals surface area contributed by atoms with E-state index in [1.165, 1.54) is 5.56 Å². The predicted molar refractivity (Wildman–Crippen MR) is 63.8 cm³/mol. The zero-order chi connectivity index (χ0) is 11.4. The molecule has 1 heterocycles. The smallest absolute Gasteiger partial charge is 0.224 e. The van der Waals surface area contributed by atoms with Gasteiger partial charge in [0.05, 0.1) is 6.61 Å². The quantitative estimate of drug-likeness (QED) is 0.848. The van der Waals surface area contributed by atoms with Gasteiger partial charge in [-0.05, 0) is 30.9 Å². The molecular formula is C13H17NO2. The van der Waals surface area contributed by atoms with Crippen LogP contribution >= 0.6 is 0 Å².